The van der Waals surface area contributed by atoms with Gasteiger partial charge in [-0.2, -0.15) is 11.8 Å². The van der Waals surface area contributed by atoms with E-state index in [4.69, 9.17) is 20.1 Å². The highest BCUT2D eigenvalue weighted by Crippen LogP contribution is 2.46. The third-order valence-corrected chi connectivity index (χ3v) is 5.82. The normalized spacial score (nSPS) is 27.9. The first-order valence-corrected chi connectivity index (χ1v) is 11.3. The Morgan fingerprint density at radius 1 is 1.48 bits per heavy atom. The summed E-state index contributed by atoms with van der Waals surface area (Å²) in [5.41, 5.74) is 6.33. The van der Waals surface area contributed by atoms with Gasteiger partial charge >= 0.3 is 0 Å². The molecule has 0 aliphatic carbocycles. The maximum absolute atomic E-state index is 12.2. The number of anilines is 1. The summed E-state index contributed by atoms with van der Waals surface area (Å²) in [7, 11) is -4.96. The highest BCUT2D eigenvalue weighted by molar-refractivity contribution is 7.98. The molecule has 0 saturated carbocycles. The molecule has 3 heterocycles. The van der Waals surface area contributed by atoms with Crippen LogP contribution in [-0.4, -0.2) is 84.5 Å². The van der Waals surface area contributed by atoms with Crippen molar-refractivity contribution in [3.63, 3.8) is 0 Å². The molecular formula is C14H21N5O8PS-. The molecule has 3 rings (SSSR count). The first-order chi connectivity index (χ1) is 13.8. The zero-order valence-corrected chi connectivity index (χ0v) is 17.0. The van der Waals surface area contributed by atoms with Crippen LogP contribution in [0.4, 0.5) is 5.82 Å². The Kier molecular flexibility index (Phi) is 7.09. The average Bonchev–Trinajstić information content (AvgIpc) is 3.24. The summed E-state index contributed by atoms with van der Waals surface area (Å²) >= 11 is 1.39. The standard InChI is InChI=1S/C14H22N5O8PS/c1-29-4-8-10(22)11(27-28(23,24)25-3-7(21)2-20)14(26-8)19-6-18-9-12(15)16-5-17-13(9)19/h5-8,10-11,14,20-22H,2-4H2,1H3,(H,23,24)(H2,15,16,17)/p-1/t7-,8-,10-,11-,14-/m1/s1. The van der Waals surface area contributed by atoms with Crippen LogP contribution in [0, 0.1) is 0 Å². The lowest BCUT2D eigenvalue weighted by Gasteiger charge is -2.30. The molecule has 0 aromatic carbocycles. The first-order valence-electron chi connectivity index (χ1n) is 8.45. The molecule has 2 aromatic rings. The van der Waals surface area contributed by atoms with Crippen LogP contribution in [0.2, 0.25) is 0 Å². The van der Waals surface area contributed by atoms with Gasteiger partial charge in [0.05, 0.1) is 25.6 Å². The van der Waals surface area contributed by atoms with E-state index in [-0.39, 0.29) is 17.0 Å². The molecule has 29 heavy (non-hydrogen) atoms. The Morgan fingerprint density at radius 3 is 2.93 bits per heavy atom. The fourth-order valence-electron chi connectivity index (χ4n) is 2.82. The number of imidazole rings is 1. The summed E-state index contributed by atoms with van der Waals surface area (Å²) in [4.78, 5) is 24.2. The molecule has 15 heteroatoms. The van der Waals surface area contributed by atoms with Gasteiger partial charge in [0.2, 0.25) is 0 Å². The van der Waals surface area contributed by atoms with Crippen molar-refractivity contribution in [3.8, 4) is 0 Å². The second kappa shape index (κ2) is 9.20. The topological polar surface area (TPSA) is 198 Å². The molecule has 1 aliphatic rings. The number of aliphatic hydroxyl groups is 3. The van der Waals surface area contributed by atoms with Crippen LogP contribution in [0.25, 0.3) is 11.2 Å². The van der Waals surface area contributed by atoms with E-state index in [1.54, 1.807) is 6.26 Å². The molecule has 0 radical (unpaired) electrons. The number of nitrogens with zero attached hydrogens (tertiary/aromatic N) is 4. The molecule has 1 fully saturated rings. The fourth-order valence-corrected chi connectivity index (χ4v) is 4.37. The van der Waals surface area contributed by atoms with Gasteiger partial charge in [-0.15, -0.1) is 0 Å². The van der Waals surface area contributed by atoms with Gasteiger partial charge in [-0.25, -0.2) is 15.0 Å². The van der Waals surface area contributed by atoms with Gasteiger partial charge in [0.15, 0.2) is 17.7 Å². The Balaban J connectivity index is 1.89. The van der Waals surface area contributed by atoms with Crippen molar-refractivity contribution in [1.82, 2.24) is 19.5 Å². The lowest BCUT2D eigenvalue weighted by Crippen LogP contribution is -2.36. The van der Waals surface area contributed by atoms with Gasteiger partial charge in [0, 0.05) is 5.75 Å². The molecule has 0 amide bonds. The Hall–Kier alpha value is -1.35. The second-order valence-corrected chi connectivity index (χ2v) is 8.52. The minimum absolute atomic E-state index is 0.126. The van der Waals surface area contributed by atoms with Gasteiger partial charge in [-0.1, -0.05) is 0 Å². The molecule has 0 spiro atoms. The number of thioether (sulfide) groups is 1. The maximum Gasteiger partial charge on any atom is 0.268 e. The van der Waals surface area contributed by atoms with Gasteiger partial charge in [0.1, 0.15) is 30.2 Å². The van der Waals surface area contributed by atoms with Crippen LogP contribution in [0.3, 0.4) is 0 Å². The summed E-state index contributed by atoms with van der Waals surface area (Å²) in [6, 6.07) is 0. The van der Waals surface area contributed by atoms with E-state index in [2.05, 4.69) is 19.5 Å². The van der Waals surface area contributed by atoms with Crippen molar-refractivity contribution in [2.75, 3.05) is 31.0 Å². The van der Waals surface area contributed by atoms with Crippen molar-refractivity contribution >= 4 is 36.6 Å². The van der Waals surface area contributed by atoms with Gasteiger partial charge in [0.25, 0.3) is 7.82 Å². The molecule has 1 aliphatic heterocycles. The minimum Gasteiger partial charge on any atom is -0.756 e. The molecule has 5 N–H and O–H groups in total. The molecule has 0 bridgehead atoms. The first kappa shape index (κ1) is 22.3. The highest BCUT2D eigenvalue weighted by Gasteiger charge is 2.47. The number of phosphoric ester groups is 1. The largest absolute Gasteiger partial charge is 0.756 e. The van der Waals surface area contributed by atoms with Crippen molar-refractivity contribution < 1.29 is 38.6 Å². The smallest absolute Gasteiger partial charge is 0.268 e. The molecule has 1 saturated heterocycles. The van der Waals surface area contributed by atoms with Crippen molar-refractivity contribution in [2.45, 2.75) is 30.6 Å². The fraction of sp³-hybridized carbons (Fsp3) is 0.643. The number of nitrogens with two attached hydrogens (primary N) is 1. The average molecular weight is 450 g/mol. The van der Waals surface area contributed by atoms with Crippen LogP contribution >= 0.6 is 19.6 Å². The minimum atomic E-state index is -4.96. The van der Waals surface area contributed by atoms with Gasteiger partial charge < -0.3 is 39.7 Å². The molecule has 1 unspecified atom stereocenters. The van der Waals surface area contributed by atoms with E-state index in [1.165, 1.54) is 29.0 Å². The quantitative estimate of drug-likeness (QED) is 0.314. The summed E-state index contributed by atoms with van der Waals surface area (Å²) in [6.45, 7) is -1.38. The summed E-state index contributed by atoms with van der Waals surface area (Å²) in [5, 5.41) is 28.7. The number of ether oxygens (including phenoxy) is 1. The number of hydrogen-bond acceptors (Lipinski definition) is 13. The number of aliphatic hydroxyl groups excluding tert-OH is 3. The molecular weight excluding hydrogens is 429 g/mol. The van der Waals surface area contributed by atoms with E-state index >= 15 is 0 Å². The predicted octanol–water partition coefficient (Wildman–Crippen LogP) is -1.75. The van der Waals surface area contributed by atoms with Gasteiger partial charge in [-0.3, -0.25) is 9.13 Å². The lowest BCUT2D eigenvalue weighted by atomic mass is 10.1. The van der Waals surface area contributed by atoms with Crippen LogP contribution < -0.4 is 10.6 Å². The second-order valence-electron chi connectivity index (χ2n) is 6.24. The Morgan fingerprint density at radius 2 is 2.24 bits per heavy atom. The van der Waals surface area contributed by atoms with E-state index in [9.17, 15) is 19.7 Å². The Bertz CT molecular complexity index is 887. The molecule has 162 valence electrons. The summed E-state index contributed by atoms with van der Waals surface area (Å²) in [6.07, 6.45) is -1.57. The SMILES string of the molecule is CSC[C@H]1O[C@@H](n2cnc3c(N)ncnc32)[C@H](OP(=O)([O-])OC[C@H](O)CO)[C@@H]1O. The summed E-state index contributed by atoms with van der Waals surface area (Å²) < 4.78 is 29.1. The number of hydrogen-bond donors (Lipinski definition) is 4. The van der Waals surface area contributed by atoms with Gasteiger partial charge in [-0.05, 0) is 6.26 Å². The van der Waals surface area contributed by atoms with Crippen LogP contribution in [0.15, 0.2) is 12.7 Å². The number of phosphoric acid groups is 1. The third-order valence-electron chi connectivity index (χ3n) is 4.19. The zero-order chi connectivity index (χ0) is 21.2. The third kappa shape index (κ3) is 4.87. The number of nitrogen functional groups attached to an aromatic ring is 1. The predicted molar refractivity (Wildman–Crippen MR) is 99.6 cm³/mol. The lowest BCUT2D eigenvalue weighted by molar-refractivity contribution is -0.236. The molecule has 2 aromatic heterocycles. The van der Waals surface area contributed by atoms with Crippen LogP contribution in [0.1, 0.15) is 6.23 Å². The number of rotatable bonds is 9. The van der Waals surface area contributed by atoms with Crippen LogP contribution in [-0.2, 0) is 18.3 Å². The Labute approximate surface area is 169 Å². The number of aromatic nitrogens is 4. The van der Waals surface area contributed by atoms with E-state index in [1.807, 2.05) is 0 Å². The van der Waals surface area contributed by atoms with E-state index < -0.39 is 51.7 Å². The maximum atomic E-state index is 12.2. The van der Waals surface area contributed by atoms with Crippen molar-refractivity contribution in [2.24, 2.45) is 0 Å². The van der Waals surface area contributed by atoms with E-state index in [0.717, 1.165) is 0 Å². The van der Waals surface area contributed by atoms with Crippen molar-refractivity contribution in [1.29, 1.82) is 0 Å². The highest BCUT2D eigenvalue weighted by atomic mass is 32.2. The van der Waals surface area contributed by atoms with Crippen LogP contribution in [0.5, 0.6) is 0 Å². The monoisotopic (exact) mass is 450 g/mol. The number of fused-ring (bicyclic) bond motifs is 1. The van der Waals surface area contributed by atoms with Crippen molar-refractivity contribution in [3.05, 3.63) is 12.7 Å². The summed E-state index contributed by atoms with van der Waals surface area (Å²) in [5.74, 6) is 0.496. The zero-order valence-electron chi connectivity index (χ0n) is 15.3. The van der Waals surface area contributed by atoms with E-state index in [0.29, 0.717) is 5.75 Å². The molecule has 13 nitrogen and oxygen atoms in total. The molecule has 6 atom stereocenters.